The third-order valence-electron chi connectivity index (χ3n) is 4.04. The van der Waals surface area contributed by atoms with E-state index in [2.05, 4.69) is 40.7 Å². The fourth-order valence-electron chi connectivity index (χ4n) is 2.72. The molecule has 1 aliphatic carbocycles. The SMILES string of the molecule is CC1(Cn2c(-c3ccccc3)c[nH]c2=S)CCC1. The molecule has 3 rings (SSSR count). The summed E-state index contributed by atoms with van der Waals surface area (Å²) < 4.78 is 3.09. The molecular weight excluding hydrogens is 240 g/mol. The van der Waals surface area contributed by atoms with Crippen molar-refractivity contribution >= 4 is 12.2 Å². The molecular formula is C15H18N2S. The number of aromatic amines is 1. The second-order valence-electron chi connectivity index (χ2n) is 5.60. The Morgan fingerprint density at radius 1 is 1.28 bits per heavy atom. The van der Waals surface area contributed by atoms with Crippen LogP contribution < -0.4 is 0 Å². The molecule has 18 heavy (non-hydrogen) atoms. The minimum Gasteiger partial charge on any atom is -0.337 e. The Labute approximate surface area is 113 Å². The third kappa shape index (κ3) is 2.03. The second-order valence-corrected chi connectivity index (χ2v) is 5.98. The molecule has 2 nitrogen and oxygen atoms in total. The van der Waals surface area contributed by atoms with Gasteiger partial charge in [0.1, 0.15) is 0 Å². The zero-order valence-corrected chi connectivity index (χ0v) is 11.5. The Morgan fingerprint density at radius 3 is 2.61 bits per heavy atom. The van der Waals surface area contributed by atoms with Gasteiger partial charge in [-0.05, 0) is 36.0 Å². The van der Waals surface area contributed by atoms with Gasteiger partial charge in [0.25, 0.3) is 0 Å². The van der Waals surface area contributed by atoms with E-state index >= 15 is 0 Å². The summed E-state index contributed by atoms with van der Waals surface area (Å²) in [6.45, 7) is 3.39. The summed E-state index contributed by atoms with van der Waals surface area (Å²) in [6.07, 6.45) is 6.01. The van der Waals surface area contributed by atoms with Crippen molar-refractivity contribution in [1.82, 2.24) is 9.55 Å². The third-order valence-corrected chi connectivity index (χ3v) is 4.38. The van der Waals surface area contributed by atoms with Crippen LogP contribution in [0.4, 0.5) is 0 Å². The average Bonchev–Trinajstić information content (AvgIpc) is 2.70. The van der Waals surface area contributed by atoms with E-state index in [1.54, 1.807) is 0 Å². The van der Waals surface area contributed by atoms with Crippen LogP contribution in [-0.4, -0.2) is 9.55 Å². The first-order valence-electron chi connectivity index (χ1n) is 6.52. The van der Waals surface area contributed by atoms with Gasteiger partial charge in [0.15, 0.2) is 4.77 Å². The van der Waals surface area contributed by atoms with Crippen molar-refractivity contribution in [3.8, 4) is 11.3 Å². The highest BCUT2D eigenvalue weighted by molar-refractivity contribution is 7.71. The second kappa shape index (κ2) is 4.39. The lowest BCUT2D eigenvalue weighted by atomic mass is 9.70. The lowest BCUT2D eigenvalue weighted by Gasteiger charge is -2.39. The molecule has 1 heterocycles. The Hall–Kier alpha value is -1.35. The summed E-state index contributed by atoms with van der Waals surface area (Å²) in [5, 5.41) is 0. The lowest BCUT2D eigenvalue weighted by Crippen LogP contribution is -2.31. The summed E-state index contributed by atoms with van der Waals surface area (Å²) in [5.74, 6) is 0. The van der Waals surface area contributed by atoms with E-state index in [1.807, 2.05) is 12.3 Å². The largest absolute Gasteiger partial charge is 0.337 e. The normalized spacial score (nSPS) is 17.4. The zero-order chi connectivity index (χ0) is 12.6. The summed E-state index contributed by atoms with van der Waals surface area (Å²) in [5.41, 5.74) is 2.87. The van der Waals surface area contributed by atoms with Gasteiger partial charge in [-0.15, -0.1) is 0 Å². The summed E-state index contributed by atoms with van der Waals surface area (Å²) in [4.78, 5) is 3.18. The highest BCUT2D eigenvalue weighted by Crippen LogP contribution is 2.42. The first-order chi connectivity index (χ1) is 8.68. The van der Waals surface area contributed by atoms with Gasteiger partial charge in [0.05, 0.1) is 5.69 Å². The molecule has 1 saturated carbocycles. The van der Waals surface area contributed by atoms with Crippen LogP contribution in [0.1, 0.15) is 26.2 Å². The monoisotopic (exact) mass is 258 g/mol. The number of aromatic nitrogens is 2. The Bertz CT molecular complexity index is 590. The minimum absolute atomic E-state index is 0.434. The molecule has 2 aromatic rings. The molecule has 0 bridgehead atoms. The van der Waals surface area contributed by atoms with Gasteiger partial charge in [-0.25, -0.2) is 0 Å². The quantitative estimate of drug-likeness (QED) is 0.809. The molecule has 1 aromatic carbocycles. The number of nitrogens with zero attached hydrogens (tertiary/aromatic N) is 1. The van der Waals surface area contributed by atoms with Crippen LogP contribution in [0.15, 0.2) is 36.5 Å². The number of hydrogen-bond acceptors (Lipinski definition) is 1. The van der Waals surface area contributed by atoms with Gasteiger partial charge in [-0.3, -0.25) is 0 Å². The van der Waals surface area contributed by atoms with Crippen molar-refractivity contribution in [1.29, 1.82) is 0 Å². The number of hydrogen-bond donors (Lipinski definition) is 1. The molecule has 0 atom stereocenters. The van der Waals surface area contributed by atoms with Gasteiger partial charge >= 0.3 is 0 Å². The summed E-state index contributed by atoms with van der Waals surface area (Å²) >= 11 is 5.42. The molecule has 3 heteroatoms. The Balaban J connectivity index is 1.99. The highest BCUT2D eigenvalue weighted by Gasteiger charge is 2.32. The topological polar surface area (TPSA) is 20.7 Å². The minimum atomic E-state index is 0.434. The van der Waals surface area contributed by atoms with E-state index in [0.717, 1.165) is 11.3 Å². The van der Waals surface area contributed by atoms with Gasteiger partial charge in [0.2, 0.25) is 0 Å². The number of nitrogens with one attached hydrogen (secondary N) is 1. The predicted molar refractivity (Wildman–Crippen MR) is 77.0 cm³/mol. The molecule has 1 N–H and O–H groups in total. The molecule has 1 fully saturated rings. The van der Waals surface area contributed by atoms with Gasteiger partial charge in [0, 0.05) is 12.7 Å². The molecule has 0 unspecified atom stereocenters. The van der Waals surface area contributed by atoms with Crippen LogP contribution in [0, 0.1) is 10.2 Å². The van der Waals surface area contributed by atoms with Gasteiger partial charge in [-0.1, -0.05) is 43.7 Å². The Kier molecular flexibility index (Phi) is 2.86. The van der Waals surface area contributed by atoms with E-state index in [9.17, 15) is 0 Å². The lowest BCUT2D eigenvalue weighted by molar-refractivity contribution is 0.132. The first kappa shape index (κ1) is 11.7. The number of imidazole rings is 1. The smallest absolute Gasteiger partial charge is 0.177 e. The van der Waals surface area contributed by atoms with Crippen molar-refractivity contribution in [2.75, 3.05) is 0 Å². The van der Waals surface area contributed by atoms with Crippen LogP contribution in [0.2, 0.25) is 0 Å². The summed E-state index contributed by atoms with van der Waals surface area (Å²) in [6, 6.07) is 10.5. The maximum absolute atomic E-state index is 5.42. The van der Waals surface area contributed by atoms with Crippen molar-refractivity contribution in [2.24, 2.45) is 5.41 Å². The van der Waals surface area contributed by atoms with Crippen molar-refractivity contribution < 1.29 is 0 Å². The standard InChI is InChI=1S/C15H18N2S/c1-15(8-5-9-15)11-17-13(10-16-14(17)18)12-6-3-2-4-7-12/h2-4,6-7,10H,5,8-9,11H2,1H3,(H,16,18). The van der Waals surface area contributed by atoms with E-state index in [4.69, 9.17) is 12.2 Å². The maximum Gasteiger partial charge on any atom is 0.177 e. The van der Waals surface area contributed by atoms with E-state index in [1.165, 1.54) is 30.5 Å². The summed E-state index contributed by atoms with van der Waals surface area (Å²) in [7, 11) is 0. The molecule has 0 spiro atoms. The van der Waals surface area contributed by atoms with Crippen molar-refractivity contribution in [3.05, 3.63) is 41.3 Å². The van der Waals surface area contributed by atoms with E-state index in [0.29, 0.717) is 5.41 Å². The fourth-order valence-corrected chi connectivity index (χ4v) is 2.94. The van der Waals surface area contributed by atoms with Crippen molar-refractivity contribution in [2.45, 2.75) is 32.7 Å². The zero-order valence-electron chi connectivity index (χ0n) is 10.6. The van der Waals surface area contributed by atoms with Crippen molar-refractivity contribution in [3.63, 3.8) is 0 Å². The fraction of sp³-hybridized carbons (Fsp3) is 0.400. The molecule has 1 aromatic heterocycles. The van der Waals surface area contributed by atoms with Gasteiger partial charge in [-0.2, -0.15) is 0 Å². The number of H-pyrrole nitrogens is 1. The molecule has 0 radical (unpaired) electrons. The van der Waals surface area contributed by atoms with Crippen LogP contribution >= 0.6 is 12.2 Å². The molecule has 0 amide bonds. The molecule has 1 aliphatic rings. The molecule has 94 valence electrons. The van der Waals surface area contributed by atoms with E-state index < -0.39 is 0 Å². The van der Waals surface area contributed by atoms with Gasteiger partial charge < -0.3 is 9.55 Å². The van der Waals surface area contributed by atoms with E-state index in [-0.39, 0.29) is 0 Å². The average molecular weight is 258 g/mol. The predicted octanol–water partition coefficient (Wildman–Crippen LogP) is 4.40. The highest BCUT2D eigenvalue weighted by atomic mass is 32.1. The van der Waals surface area contributed by atoms with Crippen LogP contribution in [0.5, 0.6) is 0 Å². The maximum atomic E-state index is 5.42. The number of benzene rings is 1. The number of rotatable bonds is 3. The Morgan fingerprint density at radius 2 is 2.00 bits per heavy atom. The first-order valence-corrected chi connectivity index (χ1v) is 6.92. The molecule has 0 saturated heterocycles. The van der Waals surface area contributed by atoms with Crippen LogP contribution in [0.25, 0.3) is 11.3 Å². The van der Waals surface area contributed by atoms with Crippen LogP contribution in [0.3, 0.4) is 0 Å². The molecule has 0 aliphatic heterocycles. The van der Waals surface area contributed by atoms with Crippen LogP contribution in [-0.2, 0) is 6.54 Å².